The van der Waals surface area contributed by atoms with Gasteiger partial charge in [-0.3, -0.25) is 0 Å². The lowest BCUT2D eigenvalue weighted by Gasteiger charge is -2.36. The van der Waals surface area contributed by atoms with Gasteiger partial charge in [-0.05, 0) is 23.9 Å². The van der Waals surface area contributed by atoms with E-state index in [2.05, 4.69) is 26.8 Å². The molecule has 0 aromatic carbocycles. The van der Waals surface area contributed by atoms with Crippen LogP contribution in [0.1, 0.15) is 13.3 Å². The van der Waals surface area contributed by atoms with Crippen molar-refractivity contribution in [2.45, 2.75) is 19.4 Å². The first-order chi connectivity index (χ1) is 9.01. The van der Waals surface area contributed by atoms with E-state index in [4.69, 9.17) is 16.3 Å². The lowest BCUT2D eigenvalue weighted by atomic mass is 9.96. The maximum Gasteiger partial charge on any atom is 0.231 e. The molecule has 2 rings (SSSR count). The maximum atomic E-state index is 5.97. The monoisotopic (exact) mass is 285 g/mol. The first-order valence-electron chi connectivity index (χ1n) is 6.38. The minimum atomic E-state index is 0.201. The van der Waals surface area contributed by atoms with E-state index in [0.29, 0.717) is 17.8 Å². The number of anilines is 2. The average molecular weight is 286 g/mol. The van der Waals surface area contributed by atoms with Gasteiger partial charge in [-0.15, -0.1) is 0 Å². The van der Waals surface area contributed by atoms with Gasteiger partial charge < -0.3 is 14.5 Å². The van der Waals surface area contributed by atoms with Crippen LogP contribution in [0.5, 0.6) is 0 Å². The zero-order chi connectivity index (χ0) is 14.0. The Hall–Kier alpha value is -1.14. The molecule has 7 heteroatoms. The minimum absolute atomic E-state index is 0.201. The summed E-state index contributed by atoms with van der Waals surface area (Å²) in [4.78, 5) is 16.7. The van der Waals surface area contributed by atoms with Crippen molar-refractivity contribution in [1.82, 2.24) is 15.0 Å². The molecule has 1 aliphatic heterocycles. The summed E-state index contributed by atoms with van der Waals surface area (Å²) < 4.78 is 5.51. The zero-order valence-electron chi connectivity index (χ0n) is 11.8. The summed E-state index contributed by atoms with van der Waals surface area (Å²) in [5.74, 6) is 1.74. The Kier molecular flexibility index (Phi) is 4.42. The van der Waals surface area contributed by atoms with Gasteiger partial charge in [0.2, 0.25) is 17.2 Å². The van der Waals surface area contributed by atoms with Crippen LogP contribution in [0.3, 0.4) is 0 Å². The fourth-order valence-electron chi connectivity index (χ4n) is 2.19. The molecule has 0 radical (unpaired) electrons. The van der Waals surface area contributed by atoms with Gasteiger partial charge in [0.25, 0.3) is 0 Å². The van der Waals surface area contributed by atoms with Gasteiger partial charge in [0.15, 0.2) is 0 Å². The first-order valence-corrected chi connectivity index (χ1v) is 6.75. The highest BCUT2D eigenvalue weighted by atomic mass is 35.5. The molecule has 19 heavy (non-hydrogen) atoms. The number of hydrogen-bond donors (Lipinski definition) is 0. The molecule has 2 atom stereocenters. The standard InChI is InChI=1S/C12H20ClN5O/c1-8-5-6-18(7-9(8)19-4)12-15-10(13)14-11(16-12)17(2)3/h8-9H,5-7H2,1-4H3. The Bertz CT molecular complexity index is 442. The molecule has 0 aliphatic carbocycles. The summed E-state index contributed by atoms with van der Waals surface area (Å²) in [7, 11) is 5.51. The second kappa shape index (κ2) is 5.88. The van der Waals surface area contributed by atoms with Crippen molar-refractivity contribution in [3.05, 3.63) is 5.28 Å². The molecule has 1 fully saturated rings. The van der Waals surface area contributed by atoms with E-state index in [1.165, 1.54) is 0 Å². The number of ether oxygens (including phenoxy) is 1. The van der Waals surface area contributed by atoms with Gasteiger partial charge >= 0.3 is 0 Å². The van der Waals surface area contributed by atoms with E-state index in [-0.39, 0.29) is 11.4 Å². The van der Waals surface area contributed by atoms with Gasteiger partial charge in [-0.1, -0.05) is 6.92 Å². The highest BCUT2D eigenvalue weighted by Gasteiger charge is 2.28. The van der Waals surface area contributed by atoms with Gasteiger partial charge in [0, 0.05) is 34.3 Å². The van der Waals surface area contributed by atoms with Crippen LogP contribution >= 0.6 is 11.6 Å². The van der Waals surface area contributed by atoms with Crippen LogP contribution in [0.15, 0.2) is 0 Å². The third-order valence-electron chi connectivity index (χ3n) is 3.46. The molecule has 0 spiro atoms. The molecule has 0 saturated carbocycles. The summed E-state index contributed by atoms with van der Waals surface area (Å²) >= 11 is 5.97. The fourth-order valence-corrected chi connectivity index (χ4v) is 2.34. The molecule has 106 valence electrons. The third-order valence-corrected chi connectivity index (χ3v) is 3.63. The number of aromatic nitrogens is 3. The summed E-state index contributed by atoms with van der Waals surface area (Å²) in [6.45, 7) is 3.90. The molecule has 0 bridgehead atoms. The van der Waals surface area contributed by atoms with Crippen molar-refractivity contribution in [2.75, 3.05) is 44.1 Å². The van der Waals surface area contributed by atoms with Gasteiger partial charge in [0.05, 0.1) is 6.10 Å². The third kappa shape index (κ3) is 3.25. The normalized spacial score (nSPS) is 23.5. The fraction of sp³-hybridized carbons (Fsp3) is 0.750. The number of piperidine rings is 1. The molecular formula is C12H20ClN5O. The van der Waals surface area contributed by atoms with Crippen LogP contribution in [0.4, 0.5) is 11.9 Å². The Labute approximate surface area is 118 Å². The van der Waals surface area contributed by atoms with Crippen molar-refractivity contribution < 1.29 is 4.74 Å². The predicted molar refractivity (Wildman–Crippen MR) is 76.0 cm³/mol. The molecule has 2 unspecified atom stereocenters. The lowest BCUT2D eigenvalue weighted by molar-refractivity contribution is 0.0494. The molecule has 2 heterocycles. The van der Waals surface area contributed by atoms with E-state index in [1.54, 1.807) is 7.11 Å². The predicted octanol–water partition coefficient (Wildman–Crippen LogP) is 1.45. The SMILES string of the molecule is COC1CN(c2nc(Cl)nc(N(C)C)n2)CCC1C. The maximum absolute atomic E-state index is 5.97. The Balaban J connectivity index is 2.22. The molecular weight excluding hydrogens is 266 g/mol. The highest BCUT2D eigenvalue weighted by Crippen LogP contribution is 2.24. The highest BCUT2D eigenvalue weighted by molar-refractivity contribution is 6.28. The molecule has 1 aliphatic rings. The molecule has 0 N–H and O–H groups in total. The summed E-state index contributed by atoms with van der Waals surface area (Å²) in [5, 5.41) is 0.223. The van der Waals surface area contributed by atoms with E-state index in [1.807, 2.05) is 19.0 Å². The number of methoxy groups -OCH3 is 1. The second-order valence-electron chi connectivity index (χ2n) is 5.08. The number of rotatable bonds is 3. The number of hydrogen-bond acceptors (Lipinski definition) is 6. The Morgan fingerprint density at radius 1 is 1.32 bits per heavy atom. The summed E-state index contributed by atoms with van der Waals surface area (Å²) in [6, 6.07) is 0. The molecule has 1 aromatic heterocycles. The molecule has 1 aromatic rings. The van der Waals surface area contributed by atoms with E-state index in [0.717, 1.165) is 19.5 Å². The van der Waals surface area contributed by atoms with Crippen molar-refractivity contribution in [1.29, 1.82) is 0 Å². The van der Waals surface area contributed by atoms with Crippen molar-refractivity contribution in [3.8, 4) is 0 Å². The van der Waals surface area contributed by atoms with E-state index >= 15 is 0 Å². The second-order valence-corrected chi connectivity index (χ2v) is 5.42. The number of nitrogens with zero attached hydrogens (tertiary/aromatic N) is 5. The Morgan fingerprint density at radius 3 is 2.68 bits per heavy atom. The Morgan fingerprint density at radius 2 is 2.05 bits per heavy atom. The van der Waals surface area contributed by atoms with Crippen LogP contribution in [0.2, 0.25) is 5.28 Å². The van der Waals surface area contributed by atoms with Gasteiger partial charge in [-0.25, -0.2) is 0 Å². The van der Waals surface area contributed by atoms with E-state index in [9.17, 15) is 0 Å². The molecule has 0 amide bonds. The van der Waals surface area contributed by atoms with Crippen LogP contribution in [0, 0.1) is 5.92 Å². The lowest BCUT2D eigenvalue weighted by Crippen LogP contribution is -2.44. The van der Waals surface area contributed by atoms with Crippen LogP contribution in [-0.2, 0) is 4.74 Å². The topological polar surface area (TPSA) is 54.4 Å². The first kappa shape index (κ1) is 14.3. The quantitative estimate of drug-likeness (QED) is 0.838. The van der Waals surface area contributed by atoms with Crippen molar-refractivity contribution >= 4 is 23.5 Å². The minimum Gasteiger partial charge on any atom is -0.379 e. The average Bonchev–Trinajstić information content (AvgIpc) is 2.38. The van der Waals surface area contributed by atoms with Crippen LogP contribution < -0.4 is 9.80 Å². The van der Waals surface area contributed by atoms with Crippen molar-refractivity contribution in [2.24, 2.45) is 5.92 Å². The summed E-state index contributed by atoms with van der Waals surface area (Å²) in [6.07, 6.45) is 1.26. The zero-order valence-corrected chi connectivity index (χ0v) is 12.6. The van der Waals surface area contributed by atoms with E-state index < -0.39 is 0 Å². The van der Waals surface area contributed by atoms with Crippen molar-refractivity contribution in [3.63, 3.8) is 0 Å². The molecule has 6 nitrogen and oxygen atoms in total. The number of halogens is 1. The van der Waals surface area contributed by atoms with Crippen LogP contribution in [0.25, 0.3) is 0 Å². The van der Waals surface area contributed by atoms with Gasteiger partial charge in [-0.2, -0.15) is 15.0 Å². The smallest absolute Gasteiger partial charge is 0.231 e. The summed E-state index contributed by atoms with van der Waals surface area (Å²) in [5.41, 5.74) is 0. The molecule has 1 saturated heterocycles. The van der Waals surface area contributed by atoms with Crippen LogP contribution in [-0.4, -0.2) is 55.4 Å². The van der Waals surface area contributed by atoms with Gasteiger partial charge in [0.1, 0.15) is 0 Å². The largest absolute Gasteiger partial charge is 0.379 e.